The van der Waals surface area contributed by atoms with E-state index in [1.807, 2.05) is 37.3 Å². The van der Waals surface area contributed by atoms with Crippen LogP contribution in [0.25, 0.3) is 0 Å². The van der Waals surface area contributed by atoms with Crippen LogP contribution in [-0.2, 0) is 6.54 Å². The summed E-state index contributed by atoms with van der Waals surface area (Å²) in [7, 11) is 0. The Hall–Kier alpha value is -1.72. The monoisotopic (exact) mass is 287 g/mol. The van der Waals surface area contributed by atoms with Crippen LogP contribution in [0.15, 0.2) is 34.9 Å². The normalized spacial score (nSPS) is 21.3. The zero-order valence-electron chi connectivity index (χ0n) is 12.3. The first kappa shape index (κ1) is 14.2. The van der Waals surface area contributed by atoms with Crippen LogP contribution in [0.3, 0.4) is 0 Å². The van der Waals surface area contributed by atoms with E-state index in [9.17, 15) is 5.11 Å². The zero-order chi connectivity index (χ0) is 14.7. The summed E-state index contributed by atoms with van der Waals surface area (Å²) >= 11 is 0. The highest BCUT2D eigenvalue weighted by Gasteiger charge is 2.30. The predicted molar refractivity (Wildman–Crippen MR) is 78.5 cm³/mol. The lowest BCUT2D eigenvalue weighted by Gasteiger charge is -2.37. The van der Waals surface area contributed by atoms with Crippen molar-refractivity contribution in [2.24, 2.45) is 0 Å². The maximum absolute atomic E-state index is 10.7. The lowest BCUT2D eigenvalue weighted by Crippen LogP contribution is -2.42. The van der Waals surface area contributed by atoms with Crippen molar-refractivity contribution in [2.75, 3.05) is 6.54 Å². The van der Waals surface area contributed by atoms with Gasteiger partial charge in [-0.15, -0.1) is 0 Å². The number of aliphatic hydroxyl groups excluding tert-OH is 1. The third kappa shape index (κ3) is 3.31. The largest absolute Gasteiger partial charge is 0.387 e. The zero-order valence-corrected chi connectivity index (χ0v) is 12.3. The molecule has 1 aliphatic heterocycles. The van der Waals surface area contributed by atoms with Gasteiger partial charge >= 0.3 is 0 Å². The standard InChI is InChI=1S/C16H21N3O2/c1-12-17-15(21-18-12)11-19-10-6-5-9-14(19)16(20)13-7-3-2-4-8-13/h2-4,7-8,14,16,20H,5-6,9-11H2,1H3. The van der Waals surface area contributed by atoms with E-state index in [0.717, 1.165) is 31.4 Å². The van der Waals surface area contributed by atoms with Crippen LogP contribution in [0, 0.1) is 6.92 Å². The Balaban J connectivity index is 1.75. The molecule has 1 aromatic heterocycles. The number of piperidine rings is 1. The highest BCUT2D eigenvalue weighted by molar-refractivity contribution is 5.19. The second-order valence-corrected chi connectivity index (χ2v) is 5.62. The molecule has 0 aliphatic carbocycles. The van der Waals surface area contributed by atoms with Gasteiger partial charge in [0.1, 0.15) is 0 Å². The predicted octanol–water partition coefficient (Wildman–Crippen LogP) is 2.47. The molecule has 2 atom stereocenters. The fourth-order valence-corrected chi connectivity index (χ4v) is 3.02. The topological polar surface area (TPSA) is 62.4 Å². The molecule has 1 aliphatic rings. The number of aromatic nitrogens is 2. The molecule has 5 nitrogen and oxygen atoms in total. The first-order valence-electron chi connectivity index (χ1n) is 7.50. The van der Waals surface area contributed by atoms with Gasteiger partial charge in [-0.1, -0.05) is 41.9 Å². The van der Waals surface area contributed by atoms with Crippen molar-refractivity contribution in [2.45, 2.75) is 44.9 Å². The molecule has 2 unspecified atom stereocenters. The van der Waals surface area contributed by atoms with E-state index in [0.29, 0.717) is 18.3 Å². The van der Waals surface area contributed by atoms with Crippen LogP contribution in [0.1, 0.15) is 42.6 Å². The molecule has 2 heterocycles. The highest BCUT2D eigenvalue weighted by Crippen LogP contribution is 2.29. The Morgan fingerprint density at radius 2 is 2.14 bits per heavy atom. The van der Waals surface area contributed by atoms with Gasteiger partial charge in [0.2, 0.25) is 5.89 Å². The molecule has 3 rings (SSSR count). The minimum absolute atomic E-state index is 0.105. The fourth-order valence-electron chi connectivity index (χ4n) is 3.02. The van der Waals surface area contributed by atoms with Crippen molar-refractivity contribution < 1.29 is 9.63 Å². The summed E-state index contributed by atoms with van der Waals surface area (Å²) in [4.78, 5) is 6.53. The van der Waals surface area contributed by atoms with Crippen molar-refractivity contribution in [3.63, 3.8) is 0 Å². The van der Waals surface area contributed by atoms with Gasteiger partial charge in [-0.05, 0) is 31.9 Å². The molecule has 0 amide bonds. The second-order valence-electron chi connectivity index (χ2n) is 5.62. The van der Waals surface area contributed by atoms with Crippen LogP contribution >= 0.6 is 0 Å². The Bertz CT molecular complexity index is 570. The lowest BCUT2D eigenvalue weighted by molar-refractivity contribution is 0.0151. The van der Waals surface area contributed by atoms with Gasteiger partial charge in [0.25, 0.3) is 0 Å². The lowest BCUT2D eigenvalue weighted by atomic mass is 9.93. The van der Waals surface area contributed by atoms with E-state index in [4.69, 9.17) is 4.52 Å². The summed E-state index contributed by atoms with van der Waals surface area (Å²) in [6.45, 7) is 3.38. The summed E-state index contributed by atoms with van der Waals surface area (Å²) in [5.41, 5.74) is 0.969. The minimum Gasteiger partial charge on any atom is -0.387 e. The van der Waals surface area contributed by atoms with Gasteiger partial charge in [0.05, 0.1) is 12.6 Å². The number of benzene rings is 1. The molecule has 1 aromatic carbocycles. The molecule has 5 heteroatoms. The molecule has 0 bridgehead atoms. The minimum atomic E-state index is -0.476. The number of hydrogen-bond donors (Lipinski definition) is 1. The van der Waals surface area contributed by atoms with Gasteiger partial charge in [-0.25, -0.2) is 0 Å². The molecule has 2 aromatic rings. The molecule has 0 spiro atoms. The Labute approximate surface area is 124 Å². The summed E-state index contributed by atoms with van der Waals surface area (Å²) in [5.74, 6) is 1.28. The molecule has 1 N–H and O–H groups in total. The number of aliphatic hydroxyl groups is 1. The van der Waals surface area contributed by atoms with E-state index in [1.165, 1.54) is 0 Å². The van der Waals surface area contributed by atoms with E-state index in [1.54, 1.807) is 0 Å². The third-order valence-corrected chi connectivity index (χ3v) is 4.08. The van der Waals surface area contributed by atoms with Crippen molar-refractivity contribution >= 4 is 0 Å². The van der Waals surface area contributed by atoms with Gasteiger partial charge < -0.3 is 9.63 Å². The molecule has 112 valence electrons. The Morgan fingerprint density at radius 1 is 1.33 bits per heavy atom. The van der Waals surface area contributed by atoms with Crippen LogP contribution in [0.5, 0.6) is 0 Å². The maximum atomic E-state index is 10.7. The van der Waals surface area contributed by atoms with Gasteiger partial charge in [-0.3, -0.25) is 4.90 Å². The Morgan fingerprint density at radius 3 is 2.86 bits per heavy atom. The summed E-state index contributed by atoms with van der Waals surface area (Å²) < 4.78 is 5.22. The summed E-state index contributed by atoms with van der Waals surface area (Å²) in [5, 5.41) is 14.5. The first-order chi connectivity index (χ1) is 10.2. The summed E-state index contributed by atoms with van der Waals surface area (Å²) in [6.07, 6.45) is 2.80. The van der Waals surface area contributed by atoms with Crippen molar-refractivity contribution in [1.82, 2.24) is 15.0 Å². The number of nitrogens with zero attached hydrogens (tertiary/aromatic N) is 3. The third-order valence-electron chi connectivity index (χ3n) is 4.08. The average Bonchev–Trinajstić information content (AvgIpc) is 2.93. The first-order valence-corrected chi connectivity index (χ1v) is 7.50. The van der Waals surface area contributed by atoms with E-state index in [-0.39, 0.29) is 6.04 Å². The van der Waals surface area contributed by atoms with Crippen molar-refractivity contribution in [1.29, 1.82) is 0 Å². The molecular weight excluding hydrogens is 266 g/mol. The smallest absolute Gasteiger partial charge is 0.240 e. The van der Waals surface area contributed by atoms with Crippen molar-refractivity contribution in [3.05, 3.63) is 47.6 Å². The molecule has 1 fully saturated rings. The molecule has 21 heavy (non-hydrogen) atoms. The van der Waals surface area contributed by atoms with E-state index >= 15 is 0 Å². The fraction of sp³-hybridized carbons (Fsp3) is 0.500. The van der Waals surface area contributed by atoms with Crippen LogP contribution in [0.2, 0.25) is 0 Å². The number of rotatable bonds is 4. The number of aryl methyl sites for hydroxylation is 1. The maximum Gasteiger partial charge on any atom is 0.240 e. The van der Waals surface area contributed by atoms with Crippen LogP contribution in [-0.4, -0.2) is 32.7 Å². The van der Waals surface area contributed by atoms with E-state index < -0.39 is 6.10 Å². The molecular formula is C16H21N3O2. The quantitative estimate of drug-likeness (QED) is 0.936. The SMILES string of the molecule is Cc1noc(CN2CCCCC2C(O)c2ccccc2)n1. The van der Waals surface area contributed by atoms with Crippen LogP contribution < -0.4 is 0 Å². The van der Waals surface area contributed by atoms with E-state index in [2.05, 4.69) is 15.0 Å². The average molecular weight is 287 g/mol. The van der Waals surface area contributed by atoms with Crippen LogP contribution in [0.4, 0.5) is 0 Å². The molecule has 1 saturated heterocycles. The Kier molecular flexibility index (Phi) is 4.31. The number of hydrogen-bond acceptors (Lipinski definition) is 5. The second kappa shape index (κ2) is 6.37. The highest BCUT2D eigenvalue weighted by atomic mass is 16.5. The van der Waals surface area contributed by atoms with Gasteiger partial charge in [0.15, 0.2) is 5.82 Å². The van der Waals surface area contributed by atoms with Crippen molar-refractivity contribution in [3.8, 4) is 0 Å². The van der Waals surface area contributed by atoms with Gasteiger partial charge in [0, 0.05) is 6.04 Å². The summed E-state index contributed by atoms with van der Waals surface area (Å²) in [6, 6.07) is 9.96. The number of likely N-dealkylation sites (tertiary alicyclic amines) is 1. The van der Waals surface area contributed by atoms with Gasteiger partial charge in [-0.2, -0.15) is 4.98 Å². The molecule has 0 radical (unpaired) electrons. The molecule has 0 saturated carbocycles.